The lowest BCUT2D eigenvalue weighted by Gasteiger charge is -2.32. The third-order valence-corrected chi connectivity index (χ3v) is 3.18. The molecule has 0 radical (unpaired) electrons. The summed E-state index contributed by atoms with van der Waals surface area (Å²) in [5.41, 5.74) is 0.857. The van der Waals surface area contributed by atoms with Crippen LogP contribution < -0.4 is 4.90 Å². The van der Waals surface area contributed by atoms with Crippen molar-refractivity contribution in [1.82, 2.24) is 0 Å². The highest BCUT2D eigenvalue weighted by Gasteiger charge is 2.29. The predicted molar refractivity (Wildman–Crippen MR) is 67.9 cm³/mol. The molecule has 1 aliphatic heterocycles. The molecule has 0 bridgehead atoms. The molecule has 0 spiro atoms. The number of nitrogens with zero attached hydrogens (tertiary/aromatic N) is 1. The van der Waals surface area contributed by atoms with E-state index in [9.17, 15) is 4.79 Å². The van der Waals surface area contributed by atoms with Crippen LogP contribution in [0.1, 0.15) is 6.42 Å². The lowest BCUT2D eigenvalue weighted by molar-refractivity contribution is -0.134. The molecule has 1 N–H and O–H groups in total. The predicted octanol–water partition coefficient (Wildman–Crippen LogP) is 1.56. The van der Waals surface area contributed by atoms with E-state index in [1.165, 1.54) is 0 Å². The molecule has 1 aromatic carbocycles. The summed E-state index contributed by atoms with van der Waals surface area (Å²) < 4.78 is 6.29. The molecular weight excluding hydrogens is 286 g/mol. The normalized spacial score (nSPS) is 20.7. The number of hydrogen-bond acceptors (Lipinski definition) is 3. The maximum Gasteiger partial charge on any atom is 0.256 e. The van der Waals surface area contributed by atoms with Gasteiger partial charge in [0.1, 0.15) is 6.10 Å². The number of hydrogen-bond donors (Lipinski definition) is 1. The van der Waals surface area contributed by atoms with E-state index >= 15 is 0 Å². The summed E-state index contributed by atoms with van der Waals surface area (Å²) in [5, 5.41) is 8.88. The van der Waals surface area contributed by atoms with E-state index in [0.29, 0.717) is 19.6 Å². The van der Waals surface area contributed by atoms with E-state index in [2.05, 4.69) is 15.9 Å². The third-order valence-electron chi connectivity index (χ3n) is 2.69. The smallest absolute Gasteiger partial charge is 0.256 e. The molecule has 1 unspecified atom stereocenters. The molecule has 17 heavy (non-hydrogen) atoms. The summed E-state index contributed by atoms with van der Waals surface area (Å²) >= 11 is 3.39. The molecule has 4 nitrogen and oxygen atoms in total. The topological polar surface area (TPSA) is 49.8 Å². The highest BCUT2D eigenvalue weighted by Crippen LogP contribution is 2.23. The number of halogens is 1. The number of carbonyl (C=O) groups is 1. The third kappa shape index (κ3) is 2.86. The van der Waals surface area contributed by atoms with Crippen molar-refractivity contribution in [2.24, 2.45) is 0 Å². The van der Waals surface area contributed by atoms with Gasteiger partial charge in [-0.15, -0.1) is 0 Å². The van der Waals surface area contributed by atoms with Gasteiger partial charge in [0, 0.05) is 29.7 Å². The van der Waals surface area contributed by atoms with Crippen LogP contribution in [0.15, 0.2) is 28.7 Å². The highest BCUT2D eigenvalue weighted by molar-refractivity contribution is 9.10. The van der Waals surface area contributed by atoms with Crippen LogP contribution in [0, 0.1) is 0 Å². The average Bonchev–Trinajstić information content (AvgIpc) is 2.32. The minimum Gasteiger partial charge on any atom is -0.396 e. The van der Waals surface area contributed by atoms with Gasteiger partial charge in [-0.25, -0.2) is 0 Å². The van der Waals surface area contributed by atoms with Crippen LogP contribution >= 0.6 is 15.9 Å². The number of anilines is 1. The van der Waals surface area contributed by atoms with E-state index in [4.69, 9.17) is 9.84 Å². The number of carbonyl (C=O) groups excluding carboxylic acids is 1. The number of morpholine rings is 1. The van der Waals surface area contributed by atoms with Crippen LogP contribution in [-0.2, 0) is 9.53 Å². The lowest BCUT2D eigenvalue weighted by Crippen LogP contribution is -2.48. The molecule has 2 rings (SSSR count). The van der Waals surface area contributed by atoms with Crippen molar-refractivity contribution in [3.05, 3.63) is 28.7 Å². The maximum atomic E-state index is 12.1. The summed E-state index contributed by atoms with van der Waals surface area (Å²) in [6.07, 6.45) is -0.170. The zero-order chi connectivity index (χ0) is 12.3. The van der Waals surface area contributed by atoms with Crippen molar-refractivity contribution in [2.75, 3.05) is 24.7 Å². The van der Waals surface area contributed by atoms with Crippen molar-refractivity contribution in [3.8, 4) is 0 Å². The second-order valence-electron chi connectivity index (χ2n) is 3.84. The summed E-state index contributed by atoms with van der Waals surface area (Å²) in [7, 11) is 0. The van der Waals surface area contributed by atoms with Crippen molar-refractivity contribution >= 4 is 27.5 Å². The van der Waals surface area contributed by atoms with Gasteiger partial charge in [0.05, 0.1) is 6.61 Å². The summed E-state index contributed by atoms with van der Waals surface area (Å²) in [5.74, 6) is -0.0802. The molecule has 1 amide bonds. The molecule has 0 aromatic heterocycles. The zero-order valence-electron chi connectivity index (χ0n) is 9.30. The second-order valence-corrected chi connectivity index (χ2v) is 4.76. The van der Waals surface area contributed by atoms with Crippen LogP contribution in [0.5, 0.6) is 0 Å². The van der Waals surface area contributed by atoms with Gasteiger partial charge in [-0.3, -0.25) is 4.79 Å². The molecular formula is C12H14BrNO3. The Morgan fingerprint density at radius 3 is 3.06 bits per heavy atom. The first-order chi connectivity index (χ1) is 8.22. The van der Waals surface area contributed by atoms with Gasteiger partial charge >= 0.3 is 0 Å². The van der Waals surface area contributed by atoms with Gasteiger partial charge in [0.15, 0.2) is 0 Å². The molecule has 1 heterocycles. The van der Waals surface area contributed by atoms with Gasteiger partial charge in [-0.05, 0) is 18.2 Å². The average molecular weight is 300 g/mol. The summed E-state index contributed by atoms with van der Waals surface area (Å²) in [4.78, 5) is 13.8. The molecule has 1 saturated heterocycles. The Hall–Kier alpha value is -0.910. The Morgan fingerprint density at radius 1 is 1.53 bits per heavy atom. The van der Waals surface area contributed by atoms with Gasteiger partial charge in [-0.2, -0.15) is 0 Å². The van der Waals surface area contributed by atoms with Crippen LogP contribution in [0.2, 0.25) is 0 Å². The number of amides is 1. The Balaban J connectivity index is 2.17. The van der Waals surface area contributed by atoms with Crippen LogP contribution in [0.25, 0.3) is 0 Å². The van der Waals surface area contributed by atoms with Crippen molar-refractivity contribution in [2.45, 2.75) is 12.5 Å². The quantitative estimate of drug-likeness (QED) is 0.921. The fraction of sp³-hybridized carbons (Fsp3) is 0.417. The fourth-order valence-corrected chi connectivity index (χ4v) is 2.25. The molecule has 0 saturated carbocycles. The lowest BCUT2D eigenvalue weighted by atomic mass is 10.1. The number of benzene rings is 1. The number of rotatable bonds is 3. The standard InChI is InChI=1S/C12H14BrNO3/c13-9-2-1-3-10(8-9)14-5-7-17-11(4-6-15)12(14)16/h1-3,8,11,15H,4-7H2. The van der Waals surface area contributed by atoms with Crippen molar-refractivity contribution < 1.29 is 14.6 Å². The Morgan fingerprint density at radius 2 is 2.35 bits per heavy atom. The first-order valence-electron chi connectivity index (χ1n) is 5.52. The molecule has 5 heteroatoms. The highest BCUT2D eigenvalue weighted by atomic mass is 79.9. The van der Waals surface area contributed by atoms with Gasteiger partial charge in [0.2, 0.25) is 0 Å². The van der Waals surface area contributed by atoms with Gasteiger partial charge in [0.25, 0.3) is 5.91 Å². The summed E-state index contributed by atoms with van der Waals surface area (Å²) in [6.45, 7) is 1.02. The number of aliphatic hydroxyl groups excluding tert-OH is 1. The van der Waals surface area contributed by atoms with Crippen LogP contribution in [-0.4, -0.2) is 36.9 Å². The number of aliphatic hydroxyl groups is 1. The van der Waals surface area contributed by atoms with E-state index < -0.39 is 6.10 Å². The van der Waals surface area contributed by atoms with E-state index in [1.807, 2.05) is 24.3 Å². The molecule has 1 aromatic rings. The van der Waals surface area contributed by atoms with Gasteiger partial charge in [-0.1, -0.05) is 22.0 Å². The minimum absolute atomic E-state index is 0.0390. The second kappa shape index (κ2) is 5.62. The minimum atomic E-state index is -0.521. The first-order valence-corrected chi connectivity index (χ1v) is 6.31. The Kier molecular flexibility index (Phi) is 4.15. The van der Waals surface area contributed by atoms with E-state index in [-0.39, 0.29) is 12.5 Å². The monoisotopic (exact) mass is 299 g/mol. The Labute approximate surface area is 108 Å². The SMILES string of the molecule is O=C1C(CCO)OCCN1c1cccc(Br)c1. The fourth-order valence-electron chi connectivity index (χ4n) is 1.87. The van der Waals surface area contributed by atoms with E-state index in [1.54, 1.807) is 4.90 Å². The molecule has 92 valence electrons. The van der Waals surface area contributed by atoms with Crippen LogP contribution in [0.4, 0.5) is 5.69 Å². The zero-order valence-corrected chi connectivity index (χ0v) is 10.9. The largest absolute Gasteiger partial charge is 0.396 e. The van der Waals surface area contributed by atoms with Gasteiger partial charge < -0.3 is 14.7 Å². The van der Waals surface area contributed by atoms with Crippen molar-refractivity contribution in [3.63, 3.8) is 0 Å². The molecule has 1 aliphatic rings. The van der Waals surface area contributed by atoms with Crippen molar-refractivity contribution in [1.29, 1.82) is 0 Å². The molecule has 0 aliphatic carbocycles. The first kappa shape index (κ1) is 12.5. The molecule has 1 atom stereocenters. The Bertz CT molecular complexity index is 408. The van der Waals surface area contributed by atoms with E-state index in [0.717, 1.165) is 10.2 Å². The van der Waals surface area contributed by atoms with Crippen LogP contribution in [0.3, 0.4) is 0 Å². The number of ether oxygens (including phenoxy) is 1. The molecule has 1 fully saturated rings. The summed E-state index contributed by atoms with van der Waals surface area (Å²) in [6, 6.07) is 7.60. The maximum absolute atomic E-state index is 12.1.